The number of aliphatic carboxylic acids is 1. The molecule has 1 aliphatic heterocycles. The monoisotopic (exact) mass is 724 g/mol. The smallest absolute Gasteiger partial charge is 0.475 e. The van der Waals surface area contributed by atoms with Gasteiger partial charge in [-0.25, -0.2) is 9.78 Å². The van der Waals surface area contributed by atoms with Crippen LogP contribution in [0.4, 0.5) is 18.9 Å². The lowest BCUT2D eigenvalue weighted by Crippen LogP contribution is -2.27. The number of aromatic nitrogens is 7. The molecule has 6 rings (SSSR count). The molecule has 51 heavy (non-hydrogen) atoms. The van der Waals surface area contributed by atoms with Crippen molar-refractivity contribution in [3.8, 4) is 33.6 Å². The fourth-order valence-corrected chi connectivity index (χ4v) is 6.00. The van der Waals surface area contributed by atoms with E-state index in [2.05, 4.69) is 29.4 Å². The number of carbonyl (C=O) groups excluding carboxylic acids is 1. The Balaban J connectivity index is 0.000000654. The third-order valence-corrected chi connectivity index (χ3v) is 8.56. The van der Waals surface area contributed by atoms with Gasteiger partial charge in [-0.2, -0.15) is 23.4 Å². The van der Waals surface area contributed by atoms with Crippen LogP contribution < -0.4 is 10.9 Å². The van der Waals surface area contributed by atoms with Crippen LogP contribution in [0.1, 0.15) is 51.8 Å². The number of nitrogens with zero attached hydrogens (tertiary/aromatic N) is 7. The molecule has 2 bridgehead atoms. The summed E-state index contributed by atoms with van der Waals surface area (Å²) in [4.78, 5) is 45.2. The summed E-state index contributed by atoms with van der Waals surface area (Å²) in [6, 6.07) is 10.6. The molecule has 1 aliphatic rings. The lowest BCUT2D eigenvalue weighted by atomic mass is 9.96. The van der Waals surface area contributed by atoms with Crippen LogP contribution in [0, 0.1) is 11.8 Å². The highest BCUT2D eigenvalue weighted by Crippen LogP contribution is 2.35. The van der Waals surface area contributed by atoms with Gasteiger partial charge in [0.25, 0.3) is 5.56 Å². The Morgan fingerprint density at radius 1 is 1.04 bits per heavy atom. The predicted octanol–water partition coefficient (Wildman–Crippen LogP) is 6.86. The number of anilines is 1. The predicted molar refractivity (Wildman–Crippen MR) is 185 cm³/mol. The number of hydrogen-bond donors (Lipinski definition) is 2. The first-order valence-electron chi connectivity index (χ1n) is 16.1. The van der Waals surface area contributed by atoms with Crippen molar-refractivity contribution >= 4 is 29.2 Å². The van der Waals surface area contributed by atoms with Gasteiger partial charge in [-0.15, -0.1) is 0 Å². The number of hydrogen-bond acceptors (Lipinski definition) is 7. The number of pyridine rings is 1. The number of nitrogens with one attached hydrogen (secondary N) is 1. The lowest BCUT2D eigenvalue weighted by Gasteiger charge is -2.22. The van der Waals surface area contributed by atoms with E-state index in [1.54, 1.807) is 34.0 Å². The maximum absolute atomic E-state index is 13.8. The first-order valence-corrected chi connectivity index (χ1v) is 16.5. The van der Waals surface area contributed by atoms with Gasteiger partial charge in [0, 0.05) is 59.7 Å². The van der Waals surface area contributed by atoms with Crippen LogP contribution in [0.15, 0.2) is 72.3 Å². The number of aryl methyl sites for hydroxylation is 1. The third-order valence-electron chi connectivity index (χ3n) is 8.32. The lowest BCUT2D eigenvalue weighted by molar-refractivity contribution is -0.192. The van der Waals surface area contributed by atoms with Crippen LogP contribution in [0.3, 0.4) is 0 Å². The molecule has 0 saturated carbocycles. The number of amides is 1. The first-order chi connectivity index (χ1) is 24.1. The van der Waals surface area contributed by atoms with Crippen molar-refractivity contribution in [1.29, 1.82) is 0 Å². The number of carboxylic acid groups (broad SMARTS) is 1. The molecule has 0 spiro atoms. The Labute approximate surface area is 295 Å². The van der Waals surface area contributed by atoms with Crippen molar-refractivity contribution in [3.63, 3.8) is 0 Å². The average molecular weight is 725 g/mol. The number of halogens is 4. The number of benzene rings is 1. The molecule has 2 N–H and O–H groups in total. The van der Waals surface area contributed by atoms with E-state index in [1.807, 2.05) is 61.4 Å². The highest BCUT2D eigenvalue weighted by Gasteiger charge is 2.38. The Morgan fingerprint density at radius 2 is 1.78 bits per heavy atom. The quantitative estimate of drug-likeness (QED) is 0.200. The van der Waals surface area contributed by atoms with E-state index in [0.29, 0.717) is 35.2 Å². The Hall–Kier alpha value is -5.31. The summed E-state index contributed by atoms with van der Waals surface area (Å²) < 4.78 is 37.0. The van der Waals surface area contributed by atoms with Crippen LogP contribution in [0.5, 0.6) is 0 Å². The molecule has 1 aromatic carbocycles. The van der Waals surface area contributed by atoms with E-state index in [-0.39, 0.29) is 23.4 Å². The summed E-state index contributed by atoms with van der Waals surface area (Å²) in [7, 11) is 1.84. The van der Waals surface area contributed by atoms with Gasteiger partial charge >= 0.3 is 12.1 Å². The molecule has 0 unspecified atom stereocenters. The van der Waals surface area contributed by atoms with Crippen molar-refractivity contribution in [2.75, 3.05) is 5.32 Å². The Bertz CT molecular complexity index is 2110. The SMILES string of the molecule is CC(C)Cn1cc(-c2ccc(Cl)cc2-c2cc(=O)n([C@H]3CCC[C@@H](C)C(=O)Nc4cnn(C)c4-c4ccnc3c4)cn2)cn1.O=C(O)C(F)(F)F. The van der Waals surface area contributed by atoms with Crippen molar-refractivity contribution < 1.29 is 27.9 Å². The minimum atomic E-state index is -5.08. The zero-order valence-electron chi connectivity index (χ0n) is 28.2. The minimum absolute atomic E-state index is 0.0547. The fraction of sp³-hybridized carbons (Fsp3) is 0.343. The molecule has 16 heteroatoms. The van der Waals surface area contributed by atoms with Gasteiger partial charge in [0.15, 0.2) is 0 Å². The number of carboxylic acids is 1. The molecule has 0 radical (unpaired) electrons. The van der Waals surface area contributed by atoms with E-state index in [1.165, 1.54) is 0 Å². The van der Waals surface area contributed by atoms with Crippen LogP contribution in [-0.4, -0.2) is 57.3 Å². The molecule has 5 aromatic rings. The first kappa shape index (κ1) is 37.0. The minimum Gasteiger partial charge on any atom is -0.475 e. The van der Waals surface area contributed by atoms with Crippen LogP contribution in [-0.2, 0) is 23.2 Å². The second kappa shape index (κ2) is 15.3. The maximum atomic E-state index is 13.8. The number of fused-ring (bicyclic) bond motifs is 4. The Morgan fingerprint density at radius 3 is 2.47 bits per heavy atom. The highest BCUT2D eigenvalue weighted by molar-refractivity contribution is 6.31. The van der Waals surface area contributed by atoms with Gasteiger partial charge in [-0.3, -0.25) is 28.5 Å². The molecule has 1 amide bonds. The van der Waals surface area contributed by atoms with E-state index in [4.69, 9.17) is 31.5 Å². The summed E-state index contributed by atoms with van der Waals surface area (Å²) in [5.74, 6) is -2.56. The second-order valence-electron chi connectivity index (χ2n) is 12.7. The second-order valence-corrected chi connectivity index (χ2v) is 13.1. The number of carbonyl (C=O) groups is 2. The van der Waals surface area contributed by atoms with Gasteiger partial charge in [0.2, 0.25) is 5.91 Å². The molecule has 4 aromatic heterocycles. The van der Waals surface area contributed by atoms with Crippen molar-refractivity contribution in [2.45, 2.75) is 58.8 Å². The standard InChI is InChI=1S/C33H35ClN8O2.C2HF3O2/c1-20(2)17-41-18-23(15-38-41)25-9-8-24(34)13-26(25)27-14-31(43)42(19-36-27)30-7-5-6-21(3)33(44)39-29-16-37-40(4)32(29)22-10-11-35-28(30)12-22;3-2(4,5)1(6)7/h8-16,18-21,30H,5-7,17H2,1-4H3,(H,39,44);(H,6,7)/t21-,30+;/m1./s1. The molecular weight excluding hydrogens is 689 g/mol. The largest absolute Gasteiger partial charge is 0.490 e. The van der Waals surface area contributed by atoms with Crippen LogP contribution >= 0.6 is 11.6 Å². The zero-order chi connectivity index (χ0) is 37.0. The molecule has 0 aliphatic carbocycles. The van der Waals surface area contributed by atoms with Gasteiger partial charge in [-0.1, -0.05) is 44.9 Å². The molecule has 12 nitrogen and oxygen atoms in total. The molecular formula is C35H36ClF3N8O4. The third kappa shape index (κ3) is 8.71. The van der Waals surface area contributed by atoms with Gasteiger partial charge in [-0.05, 0) is 48.6 Å². The summed E-state index contributed by atoms with van der Waals surface area (Å²) in [6.45, 7) is 7.02. The van der Waals surface area contributed by atoms with Crippen molar-refractivity contribution in [1.82, 2.24) is 34.1 Å². The number of alkyl halides is 3. The van der Waals surface area contributed by atoms with Crippen LogP contribution in [0.25, 0.3) is 33.6 Å². The summed E-state index contributed by atoms with van der Waals surface area (Å²) in [5.41, 5.74) is 5.93. The summed E-state index contributed by atoms with van der Waals surface area (Å²) in [6.07, 6.45) is 5.74. The average Bonchev–Trinajstić information content (AvgIpc) is 3.68. The summed E-state index contributed by atoms with van der Waals surface area (Å²) in [5, 5.41) is 19.6. The highest BCUT2D eigenvalue weighted by atomic mass is 35.5. The van der Waals surface area contributed by atoms with E-state index >= 15 is 0 Å². The Kier molecular flexibility index (Phi) is 11.1. The molecule has 0 saturated heterocycles. The van der Waals surface area contributed by atoms with Gasteiger partial charge in [0.1, 0.15) is 0 Å². The van der Waals surface area contributed by atoms with E-state index in [9.17, 15) is 22.8 Å². The molecule has 5 heterocycles. The molecule has 268 valence electrons. The topological polar surface area (TPSA) is 150 Å². The molecule has 2 atom stereocenters. The van der Waals surface area contributed by atoms with Crippen LogP contribution in [0.2, 0.25) is 5.02 Å². The van der Waals surface area contributed by atoms with Crippen molar-refractivity contribution in [3.05, 3.63) is 88.6 Å². The zero-order valence-corrected chi connectivity index (χ0v) is 29.0. The van der Waals surface area contributed by atoms with Crippen molar-refractivity contribution in [2.24, 2.45) is 18.9 Å². The maximum Gasteiger partial charge on any atom is 0.490 e. The van der Waals surface area contributed by atoms with Gasteiger partial charge in [0.05, 0.1) is 47.5 Å². The molecule has 0 fully saturated rings. The normalized spacial score (nSPS) is 16.3. The fourth-order valence-electron chi connectivity index (χ4n) is 5.83. The number of rotatable bonds is 5. The summed E-state index contributed by atoms with van der Waals surface area (Å²) >= 11 is 6.43. The van der Waals surface area contributed by atoms with Gasteiger partial charge < -0.3 is 10.4 Å². The van der Waals surface area contributed by atoms with E-state index < -0.39 is 12.1 Å². The van der Waals surface area contributed by atoms with E-state index in [0.717, 1.165) is 46.6 Å².